The molecule has 1 aromatic carbocycles. The van der Waals surface area contributed by atoms with E-state index in [9.17, 15) is 18.5 Å². The summed E-state index contributed by atoms with van der Waals surface area (Å²) in [6.07, 6.45) is 0. The van der Waals surface area contributed by atoms with Gasteiger partial charge in [-0.25, -0.2) is 8.42 Å². The first kappa shape index (κ1) is 15.1. The van der Waals surface area contributed by atoms with E-state index in [1.165, 1.54) is 22.5 Å². The van der Waals surface area contributed by atoms with Gasteiger partial charge in [-0.3, -0.25) is 10.1 Å². The van der Waals surface area contributed by atoms with Gasteiger partial charge in [0.05, 0.1) is 4.92 Å². The van der Waals surface area contributed by atoms with Crippen molar-refractivity contribution in [3.63, 3.8) is 0 Å². The van der Waals surface area contributed by atoms with Crippen molar-refractivity contribution in [3.05, 3.63) is 28.3 Å². The first-order valence-electron chi connectivity index (χ1n) is 6.01. The number of hydrogen-bond donors (Lipinski definition) is 1. The summed E-state index contributed by atoms with van der Waals surface area (Å²) < 4.78 is 26.3. The summed E-state index contributed by atoms with van der Waals surface area (Å²) in [7, 11) is -2.19. The van der Waals surface area contributed by atoms with E-state index in [-0.39, 0.29) is 4.90 Å². The summed E-state index contributed by atoms with van der Waals surface area (Å²) in [5, 5.41) is 13.9. The van der Waals surface area contributed by atoms with Crippen LogP contribution in [-0.4, -0.2) is 49.3 Å². The fraction of sp³-hybridized carbons (Fsp3) is 0.455. The topological polar surface area (TPSA) is 92.6 Å². The van der Waals surface area contributed by atoms with Crippen molar-refractivity contribution in [2.45, 2.75) is 4.90 Å². The Hall–Kier alpha value is -1.32. The molecule has 0 radical (unpaired) electrons. The minimum atomic E-state index is -3.81. The number of sulfonamides is 1. The molecule has 7 nitrogen and oxygen atoms in total. The van der Waals surface area contributed by atoms with Crippen LogP contribution in [0, 0.1) is 10.1 Å². The monoisotopic (exact) mass is 317 g/mol. The lowest BCUT2D eigenvalue weighted by atomic mass is 10.3. The third-order valence-corrected chi connectivity index (χ3v) is 5.92. The largest absolute Gasteiger partial charge is 0.388 e. The Kier molecular flexibility index (Phi) is 4.51. The maximum atomic E-state index is 12.5. The summed E-state index contributed by atoms with van der Waals surface area (Å²) in [5.41, 5.74) is 0.111. The van der Waals surface area contributed by atoms with Crippen LogP contribution < -0.4 is 5.32 Å². The van der Waals surface area contributed by atoms with Gasteiger partial charge in [0.25, 0.3) is 5.69 Å². The molecular formula is C11H15N3O4S2. The highest BCUT2D eigenvalue weighted by Gasteiger charge is 2.32. The number of nitro groups is 1. The van der Waals surface area contributed by atoms with Gasteiger partial charge < -0.3 is 5.32 Å². The van der Waals surface area contributed by atoms with E-state index in [0.29, 0.717) is 30.3 Å². The van der Waals surface area contributed by atoms with Crippen LogP contribution in [0.3, 0.4) is 0 Å². The van der Waals surface area contributed by atoms with Gasteiger partial charge in [-0.1, -0.05) is 0 Å². The first-order valence-corrected chi connectivity index (χ1v) is 8.60. The van der Waals surface area contributed by atoms with Crippen molar-refractivity contribution in [2.75, 3.05) is 37.0 Å². The molecule has 0 amide bonds. The molecule has 0 spiro atoms. The number of thioether (sulfide) groups is 1. The molecule has 1 aromatic rings. The number of rotatable bonds is 4. The third-order valence-electron chi connectivity index (χ3n) is 3.03. The normalized spacial score (nSPS) is 16.9. The summed E-state index contributed by atoms with van der Waals surface area (Å²) in [5.74, 6) is 1.42. The van der Waals surface area contributed by atoms with E-state index >= 15 is 0 Å². The first-order chi connectivity index (χ1) is 9.46. The highest BCUT2D eigenvalue weighted by molar-refractivity contribution is 7.99. The zero-order valence-corrected chi connectivity index (χ0v) is 12.5. The van der Waals surface area contributed by atoms with Gasteiger partial charge in [0.2, 0.25) is 10.0 Å². The molecule has 20 heavy (non-hydrogen) atoms. The molecule has 0 bridgehead atoms. The lowest BCUT2D eigenvalue weighted by molar-refractivity contribution is -0.387. The summed E-state index contributed by atoms with van der Waals surface area (Å²) >= 11 is 1.68. The fourth-order valence-electron chi connectivity index (χ4n) is 1.96. The number of nitrogens with one attached hydrogen (secondary N) is 1. The van der Waals surface area contributed by atoms with E-state index < -0.39 is 20.6 Å². The van der Waals surface area contributed by atoms with Crippen LogP contribution in [0.1, 0.15) is 0 Å². The van der Waals surface area contributed by atoms with Gasteiger partial charge in [-0.2, -0.15) is 16.1 Å². The number of anilines is 1. The van der Waals surface area contributed by atoms with Crippen LogP contribution in [0.15, 0.2) is 23.1 Å². The number of nitro benzene ring substituents is 1. The van der Waals surface area contributed by atoms with Crippen LogP contribution >= 0.6 is 11.8 Å². The Bertz CT molecular complexity index is 612. The van der Waals surface area contributed by atoms with Gasteiger partial charge in [0.1, 0.15) is 0 Å². The van der Waals surface area contributed by atoms with Crippen molar-refractivity contribution < 1.29 is 13.3 Å². The van der Waals surface area contributed by atoms with Crippen molar-refractivity contribution in [3.8, 4) is 0 Å². The third kappa shape index (κ3) is 2.89. The molecule has 9 heteroatoms. The van der Waals surface area contributed by atoms with E-state index in [2.05, 4.69) is 5.32 Å². The Labute approximate surface area is 121 Å². The highest BCUT2D eigenvalue weighted by Crippen LogP contribution is 2.30. The second kappa shape index (κ2) is 5.98. The molecule has 1 fully saturated rings. The maximum absolute atomic E-state index is 12.5. The molecule has 0 unspecified atom stereocenters. The second-order valence-electron chi connectivity index (χ2n) is 4.21. The van der Waals surface area contributed by atoms with Crippen molar-refractivity contribution in [1.82, 2.24) is 4.31 Å². The van der Waals surface area contributed by atoms with Gasteiger partial charge in [-0.15, -0.1) is 0 Å². The Morgan fingerprint density at radius 1 is 1.35 bits per heavy atom. The molecule has 0 saturated carbocycles. The Morgan fingerprint density at radius 3 is 2.55 bits per heavy atom. The minimum absolute atomic E-state index is 0.242. The summed E-state index contributed by atoms with van der Waals surface area (Å²) in [6.45, 7) is 0.774. The number of hydrogen-bond acceptors (Lipinski definition) is 6. The van der Waals surface area contributed by atoms with E-state index in [1.54, 1.807) is 18.8 Å². The summed E-state index contributed by atoms with van der Waals surface area (Å²) in [4.78, 5) is 10.2. The van der Waals surface area contributed by atoms with Crippen molar-refractivity contribution >= 4 is 33.2 Å². The van der Waals surface area contributed by atoms with Crippen molar-refractivity contribution in [1.29, 1.82) is 0 Å². The second-order valence-corrected chi connectivity index (χ2v) is 7.34. The molecule has 0 atom stereocenters. The molecule has 1 aliphatic rings. The highest BCUT2D eigenvalue weighted by atomic mass is 32.2. The number of benzene rings is 1. The molecule has 110 valence electrons. The maximum Gasteiger partial charge on any atom is 0.291 e. The quantitative estimate of drug-likeness (QED) is 0.666. The molecule has 1 saturated heterocycles. The molecule has 1 heterocycles. The van der Waals surface area contributed by atoms with Crippen LogP contribution in [0.2, 0.25) is 0 Å². The van der Waals surface area contributed by atoms with Gasteiger partial charge in [0.15, 0.2) is 4.90 Å². The van der Waals surface area contributed by atoms with Gasteiger partial charge in [0, 0.05) is 43.4 Å². The molecule has 0 aliphatic carbocycles. The minimum Gasteiger partial charge on any atom is -0.388 e. The van der Waals surface area contributed by atoms with Crippen molar-refractivity contribution in [2.24, 2.45) is 0 Å². The SMILES string of the molecule is CNc1ccc(S(=O)(=O)N2CCSCC2)c([N+](=O)[O-])c1. The summed E-state index contributed by atoms with van der Waals surface area (Å²) in [6, 6.07) is 4.06. The molecule has 2 rings (SSSR count). The van der Waals surface area contributed by atoms with E-state index in [0.717, 1.165) is 0 Å². The Morgan fingerprint density at radius 2 is 2.00 bits per heavy atom. The van der Waals surface area contributed by atoms with Crippen LogP contribution in [0.5, 0.6) is 0 Å². The zero-order chi connectivity index (χ0) is 14.8. The lowest BCUT2D eigenvalue weighted by Crippen LogP contribution is -2.38. The van der Waals surface area contributed by atoms with E-state index in [4.69, 9.17) is 0 Å². The standard InChI is InChI=1S/C11H15N3O4S2/c1-12-9-2-3-11(10(8-9)14(15)16)20(17,18)13-4-6-19-7-5-13/h2-3,8,12H,4-7H2,1H3. The molecule has 1 N–H and O–H groups in total. The molecular weight excluding hydrogens is 302 g/mol. The van der Waals surface area contributed by atoms with Crippen LogP contribution in [-0.2, 0) is 10.0 Å². The van der Waals surface area contributed by atoms with E-state index in [1.807, 2.05) is 0 Å². The predicted molar refractivity (Wildman–Crippen MR) is 78.7 cm³/mol. The average Bonchev–Trinajstić information content (AvgIpc) is 2.47. The fourth-order valence-corrected chi connectivity index (χ4v) is 4.67. The zero-order valence-electron chi connectivity index (χ0n) is 10.9. The average molecular weight is 317 g/mol. The smallest absolute Gasteiger partial charge is 0.291 e. The van der Waals surface area contributed by atoms with Crippen LogP contribution in [0.4, 0.5) is 11.4 Å². The Balaban J connectivity index is 2.47. The molecule has 1 aliphatic heterocycles. The predicted octanol–water partition coefficient (Wildman–Crippen LogP) is 1.37. The van der Waals surface area contributed by atoms with Gasteiger partial charge >= 0.3 is 0 Å². The van der Waals surface area contributed by atoms with Gasteiger partial charge in [-0.05, 0) is 12.1 Å². The molecule has 0 aromatic heterocycles. The van der Waals surface area contributed by atoms with Crippen LogP contribution in [0.25, 0.3) is 0 Å². The lowest BCUT2D eigenvalue weighted by Gasteiger charge is -2.25. The number of nitrogens with zero attached hydrogens (tertiary/aromatic N) is 2.